The van der Waals surface area contributed by atoms with Crippen LogP contribution in [-0.4, -0.2) is 26.1 Å². The zero-order chi connectivity index (χ0) is 14.5. The van der Waals surface area contributed by atoms with Crippen LogP contribution in [0.5, 0.6) is 5.75 Å². The van der Waals surface area contributed by atoms with Crippen LogP contribution in [-0.2, 0) is 0 Å². The highest BCUT2D eigenvalue weighted by Crippen LogP contribution is 2.35. The first kappa shape index (κ1) is 16.7. The summed E-state index contributed by atoms with van der Waals surface area (Å²) < 4.78 is 4.32. The van der Waals surface area contributed by atoms with Crippen molar-refractivity contribution in [2.24, 2.45) is 0 Å². The van der Waals surface area contributed by atoms with E-state index in [0.717, 1.165) is 5.75 Å². The molecule has 0 aliphatic rings. The van der Waals surface area contributed by atoms with E-state index in [2.05, 4.69) is 58.4 Å². The van der Waals surface area contributed by atoms with Gasteiger partial charge >= 0.3 is 6.03 Å². The predicted octanol–water partition coefficient (Wildman–Crippen LogP) is 3.36. The summed E-state index contributed by atoms with van der Waals surface area (Å²) in [6.07, 6.45) is -1.16. The van der Waals surface area contributed by atoms with Crippen LogP contribution in [0.1, 0.15) is 6.92 Å². The lowest BCUT2D eigenvalue weighted by atomic mass is 10.3. The number of urea groups is 1. The van der Waals surface area contributed by atoms with Gasteiger partial charge in [-0.1, -0.05) is 47.8 Å². The minimum atomic E-state index is -1.16. The van der Waals surface area contributed by atoms with E-state index in [4.69, 9.17) is 4.74 Å². The average molecular weight is 461 g/mol. The molecule has 19 heavy (non-hydrogen) atoms. The molecule has 0 unspecified atom stereocenters. The standard InChI is InChI=1S/C11H13Br3N2O3/c1-2-19-8-5-3-7(4-6-8)15-10(18)16-9(17)11(12,13)14/h3-6,9,17H,2H2,1H3,(H2,15,16,18)/t9-/m1/s1. The second kappa shape index (κ2) is 7.47. The van der Waals surface area contributed by atoms with Gasteiger partial charge in [-0.15, -0.1) is 0 Å². The molecule has 0 aliphatic carbocycles. The Morgan fingerprint density at radius 3 is 2.42 bits per heavy atom. The first-order chi connectivity index (χ1) is 8.82. The Morgan fingerprint density at radius 2 is 1.95 bits per heavy atom. The van der Waals surface area contributed by atoms with Gasteiger partial charge in [0.15, 0.2) is 8.37 Å². The molecule has 0 saturated carbocycles. The molecule has 0 aromatic heterocycles. The largest absolute Gasteiger partial charge is 0.494 e. The molecular formula is C11H13Br3N2O3. The van der Waals surface area contributed by atoms with E-state index >= 15 is 0 Å². The zero-order valence-electron chi connectivity index (χ0n) is 9.99. The predicted molar refractivity (Wildman–Crippen MR) is 85.3 cm³/mol. The Bertz CT molecular complexity index is 420. The molecule has 0 bridgehead atoms. The van der Waals surface area contributed by atoms with Crippen molar-refractivity contribution in [3.63, 3.8) is 0 Å². The van der Waals surface area contributed by atoms with Crippen molar-refractivity contribution < 1.29 is 14.6 Å². The van der Waals surface area contributed by atoms with E-state index in [1.54, 1.807) is 24.3 Å². The smallest absolute Gasteiger partial charge is 0.321 e. The Hall–Kier alpha value is -0.310. The second-order valence-electron chi connectivity index (χ2n) is 3.50. The molecule has 1 atom stereocenters. The molecule has 2 amide bonds. The molecule has 0 heterocycles. The molecule has 0 radical (unpaired) electrons. The van der Waals surface area contributed by atoms with Crippen LogP contribution in [0, 0.1) is 0 Å². The maximum absolute atomic E-state index is 11.6. The van der Waals surface area contributed by atoms with Gasteiger partial charge in [0.1, 0.15) is 5.75 Å². The van der Waals surface area contributed by atoms with Gasteiger partial charge < -0.3 is 20.5 Å². The number of rotatable bonds is 4. The van der Waals surface area contributed by atoms with Crippen molar-refractivity contribution in [2.75, 3.05) is 11.9 Å². The van der Waals surface area contributed by atoms with Crippen LogP contribution in [0.25, 0.3) is 0 Å². The fourth-order valence-electron chi connectivity index (χ4n) is 1.17. The third kappa shape index (κ3) is 6.11. The number of hydrogen-bond acceptors (Lipinski definition) is 3. The van der Waals surface area contributed by atoms with Crippen molar-refractivity contribution in [3.8, 4) is 5.75 Å². The Morgan fingerprint density at radius 1 is 1.37 bits per heavy atom. The van der Waals surface area contributed by atoms with Gasteiger partial charge in [-0.2, -0.15) is 0 Å². The van der Waals surface area contributed by atoms with Crippen LogP contribution >= 0.6 is 47.8 Å². The normalized spacial score (nSPS) is 12.7. The average Bonchev–Trinajstić information content (AvgIpc) is 2.30. The maximum Gasteiger partial charge on any atom is 0.321 e. The highest BCUT2D eigenvalue weighted by Gasteiger charge is 2.30. The summed E-state index contributed by atoms with van der Waals surface area (Å²) in [4.78, 5) is 11.6. The van der Waals surface area contributed by atoms with E-state index in [1.807, 2.05) is 6.92 Å². The first-order valence-electron chi connectivity index (χ1n) is 5.38. The molecule has 1 aromatic carbocycles. The van der Waals surface area contributed by atoms with E-state index in [0.29, 0.717) is 12.3 Å². The molecule has 0 saturated heterocycles. The maximum atomic E-state index is 11.6. The van der Waals surface area contributed by atoms with Gasteiger partial charge in [0.05, 0.1) is 6.61 Å². The Labute approximate surface area is 136 Å². The number of alkyl halides is 3. The molecule has 106 valence electrons. The summed E-state index contributed by atoms with van der Waals surface area (Å²) in [6, 6.07) is 6.39. The van der Waals surface area contributed by atoms with E-state index in [-0.39, 0.29) is 0 Å². The van der Waals surface area contributed by atoms with Crippen LogP contribution in [0.15, 0.2) is 24.3 Å². The SMILES string of the molecule is CCOc1ccc(NC(=O)N[C@H](O)C(Br)(Br)Br)cc1. The lowest BCUT2D eigenvalue weighted by molar-refractivity contribution is 0.157. The minimum absolute atomic E-state index is 0.528. The number of carbonyl (C=O) groups excluding carboxylic acids is 1. The zero-order valence-corrected chi connectivity index (χ0v) is 14.7. The third-order valence-electron chi connectivity index (χ3n) is 2.00. The highest BCUT2D eigenvalue weighted by atomic mass is 80.0. The lowest BCUT2D eigenvalue weighted by Gasteiger charge is -2.21. The number of benzene rings is 1. The topological polar surface area (TPSA) is 70.6 Å². The number of aliphatic hydroxyl groups excluding tert-OH is 1. The monoisotopic (exact) mass is 458 g/mol. The number of nitrogens with one attached hydrogen (secondary N) is 2. The summed E-state index contributed by atoms with van der Waals surface area (Å²) in [7, 11) is 0. The summed E-state index contributed by atoms with van der Waals surface area (Å²) in [5.74, 6) is 0.730. The quantitative estimate of drug-likeness (QED) is 0.476. The van der Waals surface area contributed by atoms with E-state index in [1.165, 1.54) is 0 Å². The fraction of sp³-hybridized carbons (Fsp3) is 0.364. The molecule has 3 N–H and O–H groups in total. The third-order valence-corrected chi connectivity index (χ3v) is 3.30. The van der Waals surface area contributed by atoms with Crippen LogP contribution in [0.4, 0.5) is 10.5 Å². The number of hydrogen-bond donors (Lipinski definition) is 3. The van der Waals surface area contributed by atoms with Gasteiger partial charge in [-0.05, 0) is 31.2 Å². The minimum Gasteiger partial charge on any atom is -0.494 e. The molecular weight excluding hydrogens is 448 g/mol. The van der Waals surface area contributed by atoms with Gasteiger partial charge in [-0.3, -0.25) is 0 Å². The lowest BCUT2D eigenvalue weighted by Crippen LogP contribution is -2.44. The van der Waals surface area contributed by atoms with Crippen molar-refractivity contribution in [2.45, 2.75) is 15.3 Å². The van der Waals surface area contributed by atoms with Crippen molar-refractivity contribution in [3.05, 3.63) is 24.3 Å². The van der Waals surface area contributed by atoms with Gasteiger partial charge in [0, 0.05) is 5.69 Å². The summed E-state index contributed by atoms with van der Waals surface area (Å²) >= 11 is 9.33. The van der Waals surface area contributed by atoms with E-state index < -0.39 is 14.4 Å². The van der Waals surface area contributed by atoms with Gasteiger partial charge in [0.25, 0.3) is 0 Å². The van der Waals surface area contributed by atoms with Crippen LogP contribution in [0.3, 0.4) is 0 Å². The highest BCUT2D eigenvalue weighted by molar-refractivity contribution is 9.39. The number of anilines is 1. The molecule has 8 heteroatoms. The number of amides is 2. The van der Waals surface area contributed by atoms with Crippen LogP contribution < -0.4 is 15.4 Å². The molecule has 0 spiro atoms. The molecule has 5 nitrogen and oxygen atoms in total. The second-order valence-corrected chi connectivity index (χ2v) is 10.4. The number of aliphatic hydroxyl groups is 1. The number of ether oxygens (including phenoxy) is 1. The van der Waals surface area contributed by atoms with Crippen LogP contribution in [0.2, 0.25) is 0 Å². The van der Waals surface area contributed by atoms with Gasteiger partial charge in [0.2, 0.25) is 0 Å². The Kier molecular flexibility index (Phi) is 6.58. The molecule has 0 aliphatic heterocycles. The molecule has 1 rings (SSSR count). The first-order valence-corrected chi connectivity index (χ1v) is 7.76. The Balaban J connectivity index is 2.53. The summed E-state index contributed by atoms with van der Waals surface area (Å²) in [5, 5.41) is 14.5. The van der Waals surface area contributed by atoms with Crippen molar-refractivity contribution >= 4 is 59.5 Å². The van der Waals surface area contributed by atoms with Crippen molar-refractivity contribution in [1.29, 1.82) is 0 Å². The summed E-state index contributed by atoms with van der Waals surface area (Å²) in [5.41, 5.74) is 0.595. The molecule has 1 aromatic rings. The molecule has 0 fully saturated rings. The van der Waals surface area contributed by atoms with Gasteiger partial charge in [-0.25, -0.2) is 4.79 Å². The summed E-state index contributed by atoms with van der Waals surface area (Å²) in [6.45, 7) is 2.48. The fourth-order valence-corrected chi connectivity index (χ4v) is 1.52. The van der Waals surface area contributed by atoms with Crippen molar-refractivity contribution in [1.82, 2.24) is 5.32 Å². The number of carbonyl (C=O) groups is 1. The number of halogens is 3. The van der Waals surface area contributed by atoms with E-state index in [9.17, 15) is 9.90 Å².